The quantitative estimate of drug-likeness (QED) is 0.485. The molecule has 0 bridgehead atoms. The minimum absolute atomic E-state index is 0.00581. The van der Waals surface area contributed by atoms with Crippen LogP contribution in [0.5, 0.6) is 11.5 Å². The van der Waals surface area contributed by atoms with E-state index in [1.54, 1.807) is 13.0 Å². The molecule has 1 heterocycles. The molecule has 1 aliphatic heterocycles. The molecule has 9 heteroatoms. The van der Waals surface area contributed by atoms with Crippen molar-refractivity contribution in [2.75, 3.05) is 30.7 Å². The van der Waals surface area contributed by atoms with Crippen LogP contribution in [0, 0.1) is 0 Å². The maximum atomic E-state index is 13.3. The van der Waals surface area contributed by atoms with Crippen molar-refractivity contribution in [1.82, 2.24) is 0 Å². The molecule has 0 spiro atoms. The first-order valence-electron chi connectivity index (χ1n) is 8.88. The maximum absolute atomic E-state index is 13.3. The van der Waals surface area contributed by atoms with Gasteiger partial charge in [-0.05, 0) is 37.3 Å². The Hall–Kier alpha value is -2.71. The number of halogens is 1. The zero-order valence-electron chi connectivity index (χ0n) is 15.8. The van der Waals surface area contributed by atoms with Crippen molar-refractivity contribution in [3.8, 4) is 11.5 Å². The van der Waals surface area contributed by atoms with Crippen LogP contribution in [0.2, 0.25) is 5.02 Å². The predicted molar refractivity (Wildman–Crippen MR) is 110 cm³/mol. The summed E-state index contributed by atoms with van der Waals surface area (Å²) in [7, 11) is -3.96. The van der Waals surface area contributed by atoms with Crippen LogP contribution < -0.4 is 13.8 Å². The Morgan fingerprint density at radius 1 is 1.21 bits per heavy atom. The van der Waals surface area contributed by atoms with Crippen molar-refractivity contribution < 1.29 is 27.4 Å². The fourth-order valence-electron chi connectivity index (χ4n) is 2.80. The van der Waals surface area contributed by atoms with Gasteiger partial charge in [-0.15, -0.1) is 6.58 Å². The van der Waals surface area contributed by atoms with Crippen LogP contribution in [0.4, 0.5) is 5.69 Å². The van der Waals surface area contributed by atoms with E-state index in [4.69, 9.17) is 25.8 Å². The molecule has 0 unspecified atom stereocenters. The molecule has 154 valence electrons. The Kier molecular flexibility index (Phi) is 6.34. The highest BCUT2D eigenvalue weighted by atomic mass is 35.5. The lowest BCUT2D eigenvalue weighted by molar-refractivity contribution is 0.0526. The summed E-state index contributed by atoms with van der Waals surface area (Å²) in [5.41, 5.74) is 0.449. The Bertz CT molecular complexity index is 1040. The van der Waals surface area contributed by atoms with Crippen LogP contribution >= 0.6 is 11.6 Å². The number of ether oxygens (including phenoxy) is 3. The van der Waals surface area contributed by atoms with Gasteiger partial charge in [0.05, 0.1) is 34.3 Å². The van der Waals surface area contributed by atoms with Gasteiger partial charge in [-0.1, -0.05) is 17.7 Å². The minimum Gasteiger partial charge on any atom is -0.486 e. The van der Waals surface area contributed by atoms with E-state index < -0.39 is 16.0 Å². The van der Waals surface area contributed by atoms with E-state index in [1.165, 1.54) is 36.4 Å². The molecule has 0 radical (unpaired) electrons. The Morgan fingerprint density at radius 3 is 2.59 bits per heavy atom. The Labute approximate surface area is 174 Å². The number of fused-ring (bicyclic) bond motifs is 1. The summed E-state index contributed by atoms with van der Waals surface area (Å²) in [6.07, 6.45) is 1.46. The number of esters is 1. The highest BCUT2D eigenvalue weighted by molar-refractivity contribution is 7.92. The van der Waals surface area contributed by atoms with E-state index in [9.17, 15) is 13.2 Å². The maximum Gasteiger partial charge on any atom is 0.339 e. The van der Waals surface area contributed by atoms with Crippen LogP contribution in [0.3, 0.4) is 0 Å². The van der Waals surface area contributed by atoms with Crippen molar-refractivity contribution >= 4 is 33.3 Å². The molecular weight excluding hydrogens is 418 g/mol. The molecule has 29 heavy (non-hydrogen) atoms. The second kappa shape index (κ2) is 8.75. The molecule has 2 aromatic carbocycles. The average molecular weight is 438 g/mol. The molecule has 7 nitrogen and oxygen atoms in total. The van der Waals surface area contributed by atoms with Gasteiger partial charge >= 0.3 is 5.97 Å². The van der Waals surface area contributed by atoms with Gasteiger partial charge in [0.2, 0.25) is 0 Å². The van der Waals surface area contributed by atoms with Gasteiger partial charge in [-0.25, -0.2) is 13.2 Å². The largest absolute Gasteiger partial charge is 0.486 e. The first-order valence-corrected chi connectivity index (χ1v) is 10.7. The molecule has 0 aliphatic carbocycles. The normalized spacial score (nSPS) is 12.9. The second-order valence-electron chi connectivity index (χ2n) is 6.01. The van der Waals surface area contributed by atoms with Crippen LogP contribution in [0.1, 0.15) is 17.3 Å². The van der Waals surface area contributed by atoms with E-state index in [0.717, 1.165) is 4.31 Å². The first-order chi connectivity index (χ1) is 13.9. The van der Waals surface area contributed by atoms with Crippen LogP contribution in [-0.4, -0.2) is 40.8 Å². The molecule has 0 amide bonds. The monoisotopic (exact) mass is 437 g/mol. The second-order valence-corrected chi connectivity index (χ2v) is 8.28. The zero-order chi connectivity index (χ0) is 21.0. The lowest BCUT2D eigenvalue weighted by atomic mass is 10.2. The summed E-state index contributed by atoms with van der Waals surface area (Å²) >= 11 is 6.21. The molecular formula is C20H20ClNO6S. The number of hydrogen-bond acceptors (Lipinski definition) is 6. The fourth-order valence-corrected chi connectivity index (χ4v) is 4.50. The topological polar surface area (TPSA) is 82.1 Å². The van der Waals surface area contributed by atoms with E-state index in [0.29, 0.717) is 24.7 Å². The summed E-state index contributed by atoms with van der Waals surface area (Å²) in [5.74, 6) is 0.285. The molecule has 0 fully saturated rings. The lowest BCUT2D eigenvalue weighted by Crippen LogP contribution is -2.31. The highest BCUT2D eigenvalue weighted by Gasteiger charge is 2.27. The van der Waals surface area contributed by atoms with Gasteiger partial charge in [0.15, 0.2) is 11.5 Å². The summed E-state index contributed by atoms with van der Waals surface area (Å²) < 4.78 is 43.6. The lowest BCUT2D eigenvalue weighted by Gasteiger charge is -2.25. The number of nitrogens with zero attached hydrogens (tertiary/aromatic N) is 1. The van der Waals surface area contributed by atoms with Crippen LogP contribution in [0.25, 0.3) is 0 Å². The summed E-state index contributed by atoms with van der Waals surface area (Å²) in [6.45, 7) is 6.29. The average Bonchev–Trinajstić information content (AvgIpc) is 2.71. The summed E-state index contributed by atoms with van der Waals surface area (Å²) in [6, 6.07) is 8.78. The van der Waals surface area contributed by atoms with E-state index >= 15 is 0 Å². The molecule has 3 rings (SSSR count). The molecule has 2 aromatic rings. The zero-order valence-corrected chi connectivity index (χ0v) is 17.3. The number of carbonyl (C=O) groups is 1. The first kappa shape index (κ1) is 21.0. The third-order valence-corrected chi connectivity index (χ3v) is 6.24. The molecule has 0 N–H and O–H groups in total. The van der Waals surface area contributed by atoms with Gasteiger partial charge in [0, 0.05) is 6.07 Å². The number of carbonyl (C=O) groups excluding carboxylic acids is 1. The number of anilines is 1. The third-order valence-electron chi connectivity index (χ3n) is 4.13. The number of benzene rings is 2. The summed E-state index contributed by atoms with van der Waals surface area (Å²) in [5, 5.41) is 0.0902. The molecule has 0 atom stereocenters. The van der Waals surface area contributed by atoms with Crippen molar-refractivity contribution in [1.29, 1.82) is 0 Å². The van der Waals surface area contributed by atoms with E-state index in [2.05, 4.69) is 6.58 Å². The van der Waals surface area contributed by atoms with Crippen molar-refractivity contribution in [2.24, 2.45) is 0 Å². The van der Waals surface area contributed by atoms with E-state index in [-0.39, 0.29) is 34.3 Å². The summed E-state index contributed by atoms with van der Waals surface area (Å²) in [4.78, 5) is 12.0. The van der Waals surface area contributed by atoms with E-state index in [1.807, 2.05) is 0 Å². The highest BCUT2D eigenvalue weighted by Crippen LogP contribution is 2.35. The Morgan fingerprint density at radius 2 is 1.93 bits per heavy atom. The Balaban J connectivity index is 1.99. The predicted octanol–water partition coefficient (Wildman–Crippen LogP) is 3.67. The third kappa shape index (κ3) is 4.33. The van der Waals surface area contributed by atoms with Gasteiger partial charge in [-0.2, -0.15) is 0 Å². The van der Waals surface area contributed by atoms with Crippen LogP contribution in [-0.2, 0) is 14.8 Å². The molecule has 0 saturated heterocycles. The van der Waals surface area contributed by atoms with Gasteiger partial charge in [-0.3, -0.25) is 4.31 Å². The number of sulfonamides is 1. The molecule has 1 aliphatic rings. The van der Waals surface area contributed by atoms with Crippen LogP contribution in [0.15, 0.2) is 53.9 Å². The van der Waals surface area contributed by atoms with Gasteiger partial charge in [0.1, 0.15) is 13.2 Å². The minimum atomic E-state index is -3.96. The molecule has 0 saturated carbocycles. The molecule has 0 aromatic heterocycles. The standard InChI is InChI=1S/C20H20ClNO6S/c1-3-9-22(14-5-7-16(17(21)12-14)20(23)26-4-2)29(24,25)15-6-8-18-19(13-15)28-11-10-27-18/h3,5-8,12-13H,1,4,9-11H2,2H3. The number of rotatable bonds is 7. The van der Waals surface area contributed by atoms with Crippen molar-refractivity contribution in [3.05, 3.63) is 59.6 Å². The van der Waals surface area contributed by atoms with Gasteiger partial charge < -0.3 is 14.2 Å². The fraction of sp³-hybridized carbons (Fsp3) is 0.250. The smallest absolute Gasteiger partial charge is 0.339 e. The van der Waals surface area contributed by atoms with Crippen molar-refractivity contribution in [2.45, 2.75) is 11.8 Å². The van der Waals surface area contributed by atoms with Crippen molar-refractivity contribution in [3.63, 3.8) is 0 Å². The van der Waals surface area contributed by atoms with Gasteiger partial charge in [0.25, 0.3) is 10.0 Å². The SMILES string of the molecule is C=CCN(c1ccc(C(=O)OCC)c(Cl)c1)S(=O)(=O)c1ccc2c(c1)OCCO2. The number of hydrogen-bond donors (Lipinski definition) is 0.